The van der Waals surface area contributed by atoms with Gasteiger partial charge in [0, 0.05) is 0 Å². The fourth-order valence-electron chi connectivity index (χ4n) is 2.79. The number of hydrogen-bond acceptors (Lipinski definition) is 11. The molecular formula is C13H24O11. The lowest BCUT2D eigenvalue weighted by Crippen LogP contribution is -2.68. The minimum absolute atomic E-state index is 0.675. The van der Waals surface area contributed by atoms with E-state index >= 15 is 0 Å². The predicted octanol–water partition coefficient (Wildman–Crippen LogP) is -5.01. The summed E-state index contributed by atoms with van der Waals surface area (Å²) in [7, 11) is 0. The van der Waals surface area contributed by atoms with Crippen molar-refractivity contribution in [3.8, 4) is 0 Å². The van der Waals surface area contributed by atoms with Crippen LogP contribution in [0.5, 0.6) is 0 Å². The van der Waals surface area contributed by atoms with Crippen LogP contribution in [0.1, 0.15) is 6.92 Å². The number of aliphatic hydroxyl groups is 8. The van der Waals surface area contributed by atoms with Crippen LogP contribution in [0.3, 0.4) is 0 Å². The maximum atomic E-state index is 10.1. The first-order valence-corrected chi connectivity index (χ1v) is 7.47. The standard InChI is InChI=1S/C13H24O11/c1-13(11(21)9(19)7(17)5(3-15)23-13)24-12-10(20)8(18)6(16)4(2-14)22-12/h4-12,14-21H,2-3H2,1H3/t4-,5-,6-,7-,8+,9+,10+,11+,12-,13-/m1/s1. The third-order valence-electron chi connectivity index (χ3n) is 4.36. The summed E-state index contributed by atoms with van der Waals surface area (Å²) in [6.45, 7) is -0.180. The molecule has 11 heteroatoms. The second kappa shape index (κ2) is 7.43. The van der Waals surface area contributed by atoms with E-state index in [-0.39, 0.29) is 0 Å². The Kier molecular flexibility index (Phi) is 6.16. The number of ether oxygens (including phenoxy) is 3. The van der Waals surface area contributed by atoms with Crippen molar-refractivity contribution >= 4 is 0 Å². The molecule has 2 fully saturated rings. The highest BCUT2D eigenvalue weighted by Gasteiger charge is 2.55. The molecule has 0 saturated carbocycles. The molecule has 0 radical (unpaired) electrons. The molecule has 0 aromatic rings. The van der Waals surface area contributed by atoms with Crippen molar-refractivity contribution in [3.05, 3.63) is 0 Å². The lowest BCUT2D eigenvalue weighted by molar-refractivity contribution is -0.416. The summed E-state index contributed by atoms with van der Waals surface area (Å²) in [5.74, 6) is -2.01. The molecule has 2 aliphatic rings. The van der Waals surface area contributed by atoms with Crippen molar-refractivity contribution in [3.63, 3.8) is 0 Å². The summed E-state index contributed by atoms with van der Waals surface area (Å²) in [5.41, 5.74) is 0. The van der Waals surface area contributed by atoms with E-state index in [1.807, 2.05) is 0 Å². The maximum Gasteiger partial charge on any atom is 0.197 e. The molecule has 10 atom stereocenters. The van der Waals surface area contributed by atoms with Crippen molar-refractivity contribution in [2.45, 2.75) is 67.8 Å². The van der Waals surface area contributed by atoms with Crippen LogP contribution in [0.4, 0.5) is 0 Å². The molecule has 0 unspecified atom stereocenters. The molecule has 0 aromatic carbocycles. The highest BCUT2D eigenvalue weighted by molar-refractivity contribution is 4.96. The first-order chi connectivity index (χ1) is 11.2. The van der Waals surface area contributed by atoms with E-state index in [1.165, 1.54) is 6.92 Å². The van der Waals surface area contributed by atoms with E-state index in [0.29, 0.717) is 0 Å². The molecule has 2 heterocycles. The Balaban J connectivity index is 2.18. The molecule has 2 rings (SSSR count). The summed E-state index contributed by atoms with van der Waals surface area (Å²) < 4.78 is 15.8. The van der Waals surface area contributed by atoms with Crippen molar-refractivity contribution in [2.75, 3.05) is 13.2 Å². The van der Waals surface area contributed by atoms with Crippen LogP contribution >= 0.6 is 0 Å². The Morgan fingerprint density at radius 2 is 1.33 bits per heavy atom. The minimum Gasteiger partial charge on any atom is -0.394 e. The van der Waals surface area contributed by atoms with Gasteiger partial charge in [-0.2, -0.15) is 0 Å². The zero-order chi connectivity index (χ0) is 18.2. The van der Waals surface area contributed by atoms with Crippen LogP contribution in [0.25, 0.3) is 0 Å². The summed E-state index contributed by atoms with van der Waals surface area (Å²) in [4.78, 5) is 0. The Hall–Kier alpha value is -0.440. The van der Waals surface area contributed by atoms with Crippen molar-refractivity contribution in [2.24, 2.45) is 0 Å². The monoisotopic (exact) mass is 356 g/mol. The summed E-state index contributed by atoms with van der Waals surface area (Å²) in [6.07, 6.45) is -14.2. The van der Waals surface area contributed by atoms with Crippen molar-refractivity contribution < 1.29 is 55.1 Å². The highest BCUT2D eigenvalue weighted by Crippen LogP contribution is 2.34. The van der Waals surface area contributed by atoms with Crippen LogP contribution in [0.2, 0.25) is 0 Å². The Morgan fingerprint density at radius 3 is 1.88 bits per heavy atom. The van der Waals surface area contributed by atoms with Gasteiger partial charge in [-0.1, -0.05) is 0 Å². The van der Waals surface area contributed by atoms with Gasteiger partial charge in [0.1, 0.15) is 48.8 Å². The molecule has 8 N–H and O–H groups in total. The second-order valence-electron chi connectivity index (χ2n) is 6.10. The van der Waals surface area contributed by atoms with E-state index in [9.17, 15) is 35.7 Å². The Morgan fingerprint density at radius 1 is 0.792 bits per heavy atom. The first kappa shape index (κ1) is 19.9. The third-order valence-corrected chi connectivity index (χ3v) is 4.36. The van der Waals surface area contributed by atoms with Gasteiger partial charge in [0.25, 0.3) is 0 Å². The lowest BCUT2D eigenvalue weighted by atomic mass is 9.93. The van der Waals surface area contributed by atoms with Gasteiger partial charge in [-0.15, -0.1) is 0 Å². The van der Waals surface area contributed by atoms with Gasteiger partial charge in [-0.3, -0.25) is 0 Å². The van der Waals surface area contributed by atoms with E-state index in [0.717, 1.165) is 0 Å². The number of rotatable bonds is 4. The molecule has 0 aliphatic carbocycles. The zero-order valence-corrected chi connectivity index (χ0v) is 12.9. The van der Waals surface area contributed by atoms with Gasteiger partial charge in [0.15, 0.2) is 12.1 Å². The highest BCUT2D eigenvalue weighted by atomic mass is 16.8. The average molecular weight is 356 g/mol. The van der Waals surface area contributed by atoms with E-state index in [1.54, 1.807) is 0 Å². The lowest BCUT2D eigenvalue weighted by Gasteiger charge is -2.49. The number of hydrogen-bond donors (Lipinski definition) is 8. The first-order valence-electron chi connectivity index (χ1n) is 7.47. The normalized spacial score (nSPS) is 53.1. The van der Waals surface area contributed by atoms with Crippen LogP contribution in [0.15, 0.2) is 0 Å². The molecule has 0 spiro atoms. The van der Waals surface area contributed by atoms with E-state index in [2.05, 4.69) is 0 Å². The molecule has 2 saturated heterocycles. The zero-order valence-electron chi connectivity index (χ0n) is 12.9. The van der Waals surface area contributed by atoms with Crippen LogP contribution in [-0.2, 0) is 14.2 Å². The molecule has 0 aromatic heterocycles. The van der Waals surface area contributed by atoms with Gasteiger partial charge in [-0.05, 0) is 6.92 Å². The molecule has 142 valence electrons. The van der Waals surface area contributed by atoms with Crippen LogP contribution in [-0.4, -0.2) is 115 Å². The predicted molar refractivity (Wildman–Crippen MR) is 73.2 cm³/mol. The Bertz CT molecular complexity index is 419. The summed E-state index contributed by atoms with van der Waals surface area (Å²) in [5, 5.41) is 77.4. The topological polar surface area (TPSA) is 190 Å². The molecule has 24 heavy (non-hydrogen) atoms. The fourth-order valence-corrected chi connectivity index (χ4v) is 2.79. The van der Waals surface area contributed by atoms with Crippen LogP contribution in [0, 0.1) is 0 Å². The minimum atomic E-state index is -2.01. The molecule has 11 nitrogen and oxygen atoms in total. The van der Waals surface area contributed by atoms with Crippen LogP contribution < -0.4 is 0 Å². The quantitative estimate of drug-likeness (QED) is 0.241. The van der Waals surface area contributed by atoms with E-state index < -0.39 is 74.1 Å². The van der Waals surface area contributed by atoms with E-state index in [4.69, 9.17) is 19.3 Å². The molecule has 0 amide bonds. The molecular weight excluding hydrogens is 332 g/mol. The maximum absolute atomic E-state index is 10.1. The van der Waals surface area contributed by atoms with Crippen molar-refractivity contribution in [1.82, 2.24) is 0 Å². The van der Waals surface area contributed by atoms with Gasteiger partial charge in [0.2, 0.25) is 0 Å². The largest absolute Gasteiger partial charge is 0.394 e. The van der Waals surface area contributed by atoms with Crippen molar-refractivity contribution in [1.29, 1.82) is 0 Å². The van der Waals surface area contributed by atoms with Gasteiger partial charge >= 0.3 is 0 Å². The SMILES string of the molecule is C[C@]1(O[C@H]2O[C@H](CO)[C@@H](O)[C@H](O)[C@@H]2O)O[C@H](CO)[C@@H](O)[C@H](O)[C@@H]1O. The van der Waals surface area contributed by atoms with Gasteiger partial charge < -0.3 is 55.1 Å². The fraction of sp³-hybridized carbons (Fsp3) is 1.00. The Labute approximate surface area is 137 Å². The summed E-state index contributed by atoms with van der Waals surface area (Å²) >= 11 is 0. The van der Waals surface area contributed by atoms with Gasteiger partial charge in [-0.25, -0.2) is 0 Å². The smallest absolute Gasteiger partial charge is 0.197 e. The molecule has 2 aliphatic heterocycles. The summed E-state index contributed by atoms with van der Waals surface area (Å²) in [6, 6.07) is 0. The second-order valence-corrected chi connectivity index (χ2v) is 6.10. The van der Waals surface area contributed by atoms with Gasteiger partial charge in [0.05, 0.1) is 13.2 Å². The third kappa shape index (κ3) is 3.43. The average Bonchev–Trinajstić information content (AvgIpc) is 2.57. The molecule has 0 bridgehead atoms. The number of aliphatic hydroxyl groups excluding tert-OH is 8.